The van der Waals surface area contributed by atoms with E-state index in [4.69, 9.17) is 10.2 Å². The van der Waals surface area contributed by atoms with Crippen molar-refractivity contribution in [2.24, 2.45) is 0 Å². The molecule has 0 bridgehead atoms. The maximum Gasteiger partial charge on any atom is 0.335 e. The lowest BCUT2D eigenvalue weighted by molar-refractivity contribution is 0.0696. The van der Waals surface area contributed by atoms with Crippen molar-refractivity contribution in [1.29, 1.82) is 0 Å². The fourth-order valence-electron chi connectivity index (χ4n) is 1.36. The molecule has 5 nitrogen and oxygen atoms in total. The van der Waals surface area contributed by atoms with Crippen LogP contribution in [0.15, 0.2) is 12.1 Å². The van der Waals surface area contributed by atoms with Crippen molar-refractivity contribution in [3.05, 3.63) is 23.4 Å². The third-order valence-electron chi connectivity index (χ3n) is 2.32. The zero-order valence-corrected chi connectivity index (χ0v) is 10.1. The Kier molecular flexibility index (Phi) is 4.90. The van der Waals surface area contributed by atoms with Crippen molar-refractivity contribution in [3.63, 3.8) is 0 Å². The Labute approximate surface area is 101 Å². The lowest BCUT2D eigenvalue weighted by atomic mass is 10.1. The number of aromatic nitrogens is 1. The normalized spacial score (nSPS) is 10.6. The highest BCUT2D eigenvalue weighted by Crippen LogP contribution is 2.17. The molecule has 0 saturated carbocycles. The number of carboxylic acids is 1. The Morgan fingerprint density at radius 2 is 2.18 bits per heavy atom. The van der Waals surface area contributed by atoms with Gasteiger partial charge in [-0.2, -0.15) is 0 Å². The predicted octanol–water partition coefficient (Wildman–Crippen LogP) is 1.70. The van der Waals surface area contributed by atoms with Crippen LogP contribution < -0.4 is 5.32 Å². The lowest BCUT2D eigenvalue weighted by Gasteiger charge is -2.10. The number of hydrogen-bond acceptors (Lipinski definition) is 4. The molecular weight excluding hydrogens is 220 g/mol. The standard InChI is InChI=1S/C12H18N2O3/c1-8(2)10-6-9(12(16)17)7-11(14-10)13-4-3-5-15/h6-8,15H,3-5H2,1-2H3,(H,13,14)(H,16,17). The van der Waals surface area contributed by atoms with E-state index in [1.165, 1.54) is 6.07 Å². The Balaban J connectivity index is 2.91. The third-order valence-corrected chi connectivity index (χ3v) is 2.32. The van der Waals surface area contributed by atoms with Gasteiger partial charge in [0.25, 0.3) is 0 Å². The summed E-state index contributed by atoms with van der Waals surface area (Å²) in [5.74, 6) is -0.241. The maximum atomic E-state index is 11.0. The van der Waals surface area contributed by atoms with Gasteiger partial charge in [-0.05, 0) is 24.5 Å². The Morgan fingerprint density at radius 1 is 1.47 bits per heavy atom. The minimum atomic E-state index is -0.959. The molecule has 0 aliphatic carbocycles. The largest absolute Gasteiger partial charge is 0.478 e. The van der Waals surface area contributed by atoms with Crippen molar-refractivity contribution in [2.75, 3.05) is 18.5 Å². The van der Waals surface area contributed by atoms with E-state index in [9.17, 15) is 4.79 Å². The number of pyridine rings is 1. The average molecular weight is 238 g/mol. The molecule has 0 spiro atoms. The summed E-state index contributed by atoms with van der Waals surface area (Å²) in [5, 5.41) is 20.7. The second-order valence-electron chi connectivity index (χ2n) is 4.13. The van der Waals surface area contributed by atoms with Crippen LogP contribution in [0.3, 0.4) is 0 Å². The van der Waals surface area contributed by atoms with E-state index in [1.54, 1.807) is 6.07 Å². The topological polar surface area (TPSA) is 82.5 Å². The van der Waals surface area contributed by atoms with E-state index >= 15 is 0 Å². The monoisotopic (exact) mass is 238 g/mol. The SMILES string of the molecule is CC(C)c1cc(C(=O)O)cc(NCCCO)n1. The molecule has 94 valence electrons. The number of carbonyl (C=O) groups is 1. The number of aromatic carboxylic acids is 1. The van der Waals surface area contributed by atoms with E-state index < -0.39 is 5.97 Å². The number of rotatable bonds is 6. The van der Waals surface area contributed by atoms with Crippen molar-refractivity contribution in [1.82, 2.24) is 4.98 Å². The van der Waals surface area contributed by atoms with Crippen LogP contribution in [0, 0.1) is 0 Å². The number of aliphatic hydroxyl groups is 1. The number of carboxylic acid groups (broad SMARTS) is 1. The molecule has 17 heavy (non-hydrogen) atoms. The van der Waals surface area contributed by atoms with Gasteiger partial charge in [-0.3, -0.25) is 0 Å². The van der Waals surface area contributed by atoms with Crippen LogP contribution >= 0.6 is 0 Å². The van der Waals surface area contributed by atoms with Crippen LogP contribution in [-0.2, 0) is 0 Å². The van der Waals surface area contributed by atoms with E-state index in [1.807, 2.05) is 13.8 Å². The Hall–Kier alpha value is -1.62. The van der Waals surface area contributed by atoms with Crippen molar-refractivity contribution in [3.8, 4) is 0 Å². The molecule has 0 unspecified atom stereocenters. The molecule has 0 aliphatic rings. The van der Waals surface area contributed by atoms with Gasteiger partial charge < -0.3 is 15.5 Å². The van der Waals surface area contributed by atoms with Gasteiger partial charge in [0.15, 0.2) is 0 Å². The van der Waals surface area contributed by atoms with E-state index in [2.05, 4.69) is 10.3 Å². The van der Waals surface area contributed by atoms with Gasteiger partial charge >= 0.3 is 5.97 Å². The second kappa shape index (κ2) is 6.20. The molecule has 0 fully saturated rings. The number of nitrogens with one attached hydrogen (secondary N) is 1. The van der Waals surface area contributed by atoms with Gasteiger partial charge in [0.1, 0.15) is 5.82 Å². The molecule has 1 heterocycles. The minimum absolute atomic E-state index is 0.0999. The number of nitrogens with zero attached hydrogens (tertiary/aromatic N) is 1. The van der Waals surface area contributed by atoms with Crippen molar-refractivity contribution >= 4 is 11.8 Å². The summed E-state index contributed by atoms with van der Waals surface area (Å²) in [5.41, 5.74) is 0.978. The quantitative estimate of drug-likeness (QED) is 0.657. The first-order chi connectivity index (χ1) is 8.04. The molecule has 1 aromatic heterocycles. The molecule has 1 aromatic rings. The van der Waals surface area contributed by atoms with Crippen LogP contribution in [0.4, 0.5) is 5.82 Å². The minimum Gasteiger partial charge on any atom is -0.478 e. The highest BCUT2D eigenvalue weighted by atomic mass is 16.4. The summed E-state index contributed by atoms with van der Waals surface area (Å²) in [6.07, 6.45) is 0.607. The molecule has 0 radical (unpaired) electrons. The first kappa shape index (κ1) is 13.4. The lowest BCUT2D eigenvalue weighted by Crippen LogP contribution is -2.09. The van der Waals surface area contributed by atoms with E-state index in [0.717, 1.165) is 5.69 Å². The van der Waals surface area contributed by atoms with Crippen molar-refractivity contribution < 1.29 is 15.0 Å². The summed E-state index contributed by atoms with van der Waals surface area (Å²) in [6.45, 7) is 4.60. The molecule has 0 aromatic carbocycles. The van der Waals surface area contributed by atoms with Gasteiger partial charge in [-0.25, -0.2) is 9.78 Å². The molecule has 1 rings (SSSR count). The Morgan fingerprint density at radius 3 is 2.71 bits per heavy atom. The first-order valence-electron chi connectivity index (χ1n) is 5.64. The molecular formula is C12H18N2O3. The number of hydrogen-bond donors (Lipinski definition) is 3. The van der Waals surface area contributed by atoms with Gasteiger partial charge in [0.05, 0.1) is 5.56 Å². The molecule has 0 saturated heterocycles. The predicted molar refractivity (Wildman–Crippen MR) is 65.5 cm³/mol. The van der Waals surface area contributed by atoms with Crippen LogP contribution in [0.2, 0.25) is 0 Å². The highest BCUT2D eigenvalue weighted by molar-refractivity contribution is 5.88. The molecule has 3 N–H and O–H groups in total. The first-order valence-corrected chi connectivity index (χ1v) is 5.64. The smallest absolute Gasteiger partial charge is 0.335 e. The number of aliphatic hydroxyl groups excluding tert-OH is 1. The van der Waals surface area contributed by atoms with Gasteiger partial charge in [0, 0.05) is 18.8 Å². The Bertz CT molecular complexity index is 391. The van der Waals surface area contributed by atoms with Gasteiger partial charge in [-0.1, -0.05) is 13.8 Å². The molecule has 0 atom stereocenters. The van der Waals surface area contributed by atoms with E-state index in [0.29, 0.717) is 18.8 Å². The van der Waals surface area contributed by atoms with Crippen LogP contribution in [0.1, 0.15) is 42.2 Å². The van der Waals surface area contributed by atoms with Gasteiger partial charge in [0.2, 0.25) is 0 Å². The second-order valence-corrected chi connectivity index (χ2v) is 4.13. The molecule has 0 amide bonds. The average Bonchev–Trinajstić information content (AvgIpc) is 2.29. The van der Waals surface area contributed by atoms with Crippen LogP contribution in [-0.4, -0.2) is 34.3 Å². The highest BCUT2D eigenvalue weighted by Gasteiger charge is 2.10. The molecule has 5 heteroatoms. The summed E-state index contributed by atoms with van der Waals surface area (Å²) < 4.78 is 0. The zero-order valence-electron chi connectivity index (χ0n) is 10.1. The zero-order chi connectivity index (χ0) is 12.8. The fourth-order valence-corrected chi connectivity index (χ4v) is 1.36. The van der Waals surface area contributed by atoms with E-state index in [-0.39, 0.29) is 18.1 Å². The molecule has 0 aliphatic heterocycles. The fraction of sp³-hybridized carbons (Fsp3) is 0.500. The van der Waals surface area contributed by atoms with Crippen LogP contribution in [0.25, 0.3) is 0 Å². The summed E-state index contributed by atoms with van der Waals surface area (Å²) in [6, 6.07) is 3.09. The summed E-state index contributed by atoms with van der Waals surface area (Å²) in [7, 11) is 0. The third kappa shape index (κ3) is 4.03. The summed E-state index contributed by atoms with van der Waals surface area (Å²) in [4.78, 5) is 15.3. The summed E-state index contributed by atoms with van der Waals surface area (Å²) >= 11 is 0. The van der Waals surface area contributed by atoms with Gasteiger partial charge in [-0.15, -0.1) is 0 Å². The van der Waals surface area contributed by atoms with Crippen molar-refractivity contribution in [2.45, 2.75) is 26.2 Å². The number of anilines is 1. The maximum absolute atomic E-state index is 11.0. The van der Waals surface area contributed by atoms with Crippen LogP contribution in [0.5, 0.6) is 0 Å².